The number of anilines is 1. The van der Waals surface area contributed by atoms with Crippen molar-refractivity contribution in [3.63, 3.8) is 0 Å². The Morgan fingerprint density at radius 2 is 1.88 bits per heavy atom. The number of aryl methyl sites for hydroxylation is 2. The summed E-state index contributed by atoms with van der Waals surface area (Å²) in [6.45, 7) is 6.09. The van der Waals surface area contributed by atoms with Gasteiger partial charge in [-0.15, -0.1) is 0 Å². The van der Waals surface area contributed by atoms with Crippen LogP contribution in [0.5, 0.6) is 0 Å². The quantitative estimate of drug-likeness (QED) is 0.423. The van der Waals surface area contributed by atoms with Crippen LogP contribution in [0, 0.1) is 13.8 Å². The molecule has 0 atom stereocenters. The van der Waals surface area contributed by atoms with Gasteiger partial charge in [0.1, 0.15) is 0 Å². The molecule has 2 aromatic heterocycles. The molecule has 0 radical (unpaired) electrons. The number of unbranched alkanes of at least 4 members (excludes halogenated alkanes) is 1. The number of carbonyl (C=O) groups excluding carboxylic acids is 1. The second kappa shape index (κ2) is 9.58. The van der Waals surface area contributed by atoms with Gasteiger partial charge in [0.05, 0.1) is 12.2 Å². The first-order chi connectivity index (χ1) is 15.9. The number of amides is 1. The van der Waals surface area contributed by atoms with E-state index in [1.54, 1.807) is 24.3 Å². The number of fused-ring (bicyclic) bond motifs is 1. The zero-order valence-corrected chi connectivity index (χ0v) is 19.7. The van der Waals surface area contributed by atoms with Crippen LogP contribution < -0.4 is 10.5 Å². The highest BCUT2D eigenvalue weighted by molar-refractivity contribution is 6.30. The zero-order valence-electron chi connectivity index (χ0n) is 18.9. The molecule has 33 heavy (non-hydrogen) atoms. The van der Waals surface area contributed by atoms with Crippen molar-refractivity contribution in [3.8, 4) is 0 Å². The van der Waals surface area contributed by atoms with E-state index in [-0.39, 0.29) is 29.7 Å². The van der Waals surface area contributed by atoms with E-state index in [1.807, 2.05) is 38.1 Å². The Labute approximate surface area is 197 Å². The lowest BCUT2D eigenvalue weighted by Gasteiger charge is -2.20. The van der Waals surface area contributed by atoms with Crippen LogP contribution in [0.15, 0.2) is 53.3 Å². The standard InChI is InChI=1S/C25H26ClN5O2/c1-4-5-9-21-17(3)27-24-28-25(29-31(24)23(21)33)30(15-18-7-6-8-20(26)14-18)22(32)19-12-10-16(2)11-13-19/h6-8,10-14H,4-5,9,15H2,1-3H3,(H,27,28,29). The number of aromatic nitrogens is 4. The van der Waals surface area contributed by atoms with Crippen LogP contribution in [0.2, 0.25) is 5.02 Å². The lowest BCUT2D eigenvalue weighted by Crippen LogP contribution is -2.31. The number of rotatable bonds is 7. The topological polar surface area (TPSA) is 83.4 Å². The normalized spacial score (nSPS) is 11.2. The van der Waals surface area contributed by atoms with E-state index in [1.165, 1.54) is 9.42 Å². The molecule has 0 aliphatic heterocycles. The molecule has 2 aromatic carbocycles. The van der Waals surface area contributed by atoms with E-state index in [4.69, 9.17) is 11.6 Å². The monoisotopic (exact) mass is 463 g/mol. The van der Waals surface area contributed by atoms with E-state index in [9.17, 15) is 9.59 Å². The number of nitrogens with zero attached hydrogens (tertiary/aromatic N) is 4. The minimum Gasteiger partial charge on any atom is -0.272 e. The van der Waals surface area contributed by atoms with Crippen LogP contribution in [0.25, 0.3) is 5.78 Å². The Bertz CT molecular complexity index is 1360. The molecule has 7 nitrogen and oxygen atoms in total. The largest absolute Gasteiger partial charge is 0.277 e. The fourth-order valence-corrected chi connectivity index (χ4v) is 3.93. The molecule has 2 heterocycles. The molecule has 0 spiro atoms. The molecule has 0 aliphatic carbocycles. The van der Waals surface area contributed by atoms with Gasteiger partial charge in [-0.2, -0.15) is 9.50 Å². The molecule has 0 unspecified atom stereocenters. The maximum atomic E-state index is 13.5. The molecule has 4 rings (SSSR count). The van der Waals surface area contributed by atoms with Gasteiger partial charge >= 0.3 is 0 Å². The van der Waals surface area contributed by atoms with Gasteiger partial charge in [0.2, 0.25) is 5.95 Å². The number of hydrogen-bond donors (Lipinski definition) is 1. The van der Waals surface area contributed by atoms with Gasteiger partial charge in [-0.05, 0) is 56.5 Å². The third kappa shape index (κ3) is 4.83. The summed E-state index contributed by atoms with van der Waals surface area (Å²) < 4.78 is 1.32. The van der Waals surface area contributed by atoms with Crippen molar-refractivity contribution in [3.05, 3.63) is 91.9 Å². The molecule has 0 bridgehead atoms. The van der Waals surface area contributed by atoms with Crippen molar-refractivity contribution in [2.75, 3.05) is 4.90 Å². The minimum absolute atomic E-state index is 0.185. The van der Waals surface area contributed by atoms with Gasteiger partial charge < -0.3 is 0 Å². The van der Waals surface area contributed by atoms with Gasteiger partial charge in [0.25, 0.3) is 17.2 Å². The van der Waals surface area contributed by atoms with Gasteiger partial charge in [0, 0.05) is 16.1 Å². The maximum Gasteiger partial charge on any atom is 0.277 e. The summed E-state index contributed by atoms with van der Waals surface area (Å²) in [6.07, 6.45) is 2.53. The lowest BCUT2D eigenvalue weighted by atomic mass is 10.1. The van der Waals surface area contributed by atoms with Gasteiger partial charge in [-0.3, -0.25) is 19.6 Å². The number of nitrogens with one attached hydrogen (secondary N) is 1. The highest BCUT2D eigenvalue weighted by atomic mass is 35.5. The molecule has 1 amide bonds. The number of benzene rings is 2. The fourth-order valence-electron chi connectivity index (χ4n) is 3.72. The van der Waals surface area contributed by atoms with Crippen molar-refractivity contribution >= 4 is 29.2 Å². The fraction of sp³-hybridized carbons (Fsp3) is 0.280. The van der Waals surface area contributed by atoms with E-state index in [0.717, 1.165) is 24.0 Å². The molecule has 0 saturated heterocycles. The summed E-state index contributed by atoms with van der Waals surface area (Å²) in [5.41, 5.74) is 3.55. The molecule has 4 aromatic rings. The summed E-state index contributed by atoms with van der Waals surface area (Å²) in [6, 6.07) is 14.6. The van der Waals surface area contributed by atoms with E-state index >= 15 is 0 Å². The second-order valence-electron chi connectivity index (χ2n) is 8.15. The number of carbonyl (C=O) groups is 1. The van der Waals surface area contributed by atoms with Gasteiger partial charge in [-0.25, -0.2) is 4.98 Å². The van der Waals surface area contributed by atoms with Gasteiger partial charge in [-0.1, -0.05) is 54.8 Å². The molecular formula is C25H26ClN5O2. The maximum absolute atomic E-state index is 13.5. The van der Waals surface area contributed by atoms with Crippen molar-refractivity contribution in [2.45, 2.75) is 46.6 Å². The second-order valence-corrected chi connectivity index (χ2v) is 8.59. The highest BCUT2D eigenvalue weighted by Gasteiger charge is 2.23. The first-order valence-corrected chi connectivity index (χ1v) is 11.4. The summed E-state index contributed by atoms with van der Waals surface area (Å²) in [5.74, 6) is 0.239. The summed E-state index contributed by atoms with van der Waals surface area (Å²) >= 11 is 6.17. The Morgan fingerprint density at radius 3 is 2.58 bits per heavy atom. The number of H-pyrrole nitrogens is 1. The Kier molecular flexibility index (Phi) is 6.60. The van der Waals surface area contributed by atoms with Crippen LogP contribution in [-0.2, 0) is 13.0 Å². The van der Waals surface area contributed by atoms with Crippen molar-refractivity contribution in [1.82, 2.24) is 19.6 Å². The van der Waals surface area contributed by atoms with Crippen LogP contribution in [-0.4, -0.2) is 25.5 Å². The average molecular weight is 464 g/mol. The number of halogens is 1. The van der Waals surface area contributed by atoms with Crippen molar-refractivity contribution < 1.29 is 4.79 Å². The predicted molar refractivity (Wildman–Crippen MR) is 130 cm³/mol. The third-order valence-electron chi connectivity index (χ3n) is 5.59. The third-order valence-corrected chi connectivity index (χ3v) is 5.83. The smallest absolute Gasteiger partial charge is 0.272 e. The molecule has 0 fully saturated rings. The average Bonchev–Trinajstić information content (AvgIpc) is 3.21. The molecule has 0 saturated carbocycles. The Hall–Kier alpha value is -3.45. The zero-order chi connectivity index (χ0) is 23.5. The molecule has 0 aliphatic rings. The number of aromatic amines is 1. The van der Waals surface area contributed by atoms with Crippen LogP contribution in [0.3, 0.4) is 0 Å². The Morgan fingerprint density at radius 1 is 1.12 bits per heavy atom. The molecule has 8 heteroatoms. The molecule has 170 valence electrons. The van der Waals surface area contributed by atoms with E-state index < -0.39 is 0 Å². The number of hydrogen-bond acceptors (Lipinski definition) is 4. The summed E-state index contributed by atoms with van der Waals surface area (Å²) in [4.78, 5) is 37.1. The minimum atomic E-state index is -0.245. The SMILES string of the molecule is CCCCc1c(C)nc2nc(N(Cc3cccc(Cl)c3)C(=O)c3ccc(C)cc3)[nH]n2c1=O. The van der Waals surface area contributed by atoms with Gasteiger partial charge in [0.15, 0.2) is 0 Å². The summed E-state index contributed by atoms with van der Waals surface area (Å²) in [7, 11) is 0. The van der Waals surface area contributed by atoms with Crippen LogP contribution >= 0.6 is 11.6 Å². The first kappa shape index (κ1) is 22.7. The van der Waals surface area contributed by atoms with E-state index in [0.29, 0.717) is 28.3 Å². The molecular weight excluding hydrogens is 438 g/mol. The van der Waals surface area contributed by atoms with Crippen LogP contribution in [0.1, 0.15) is 52.5 Å². The summed E-state index contributed by atoms with van der Waals surface area (Å²) in [5, 5.41) is 3.59. The lowest BCUT2D eigenvalue weighted by molar-refractivity contribution is 0.0983. The van der Waals surface area contributed by atoms with E-state index in [2.05, 4.69) is 22.0 Å². The van der Waals surface area contributed by atoms with Crippen molar-refractivity contribution in [2.24, 2.45) is 0 Å². The van der Waals surface area contributed by atoms with Crippen molar-refractivity contribution in [1.29, 1.82) is 0 Å². The predicted octanol–water partition coefficient (Wildman–Crippen LogP) is 4.88. The highest BCUT2D eigenvalue weighted by Crippen LogP contribution is 2.20. The molecule has 1 N–H and O–H groups in total. The first-order valence-electron chi connectivity index (χ1n) is 11.0. The Balaban J connectivity index is 1.80. The van der Waals surface area contributed by atoms with Crippen LogP contribution in [0.4, 0.5) is 5.95 Å².